The summed E-state index contributed by atoms with van der Waals surface area (Å²) in [7, 11) is 0. The zero-order valence-electron chi connectivity index (χ0n) is 10.2. The van der Waals surface area contributed by atoms with E-state index in [1.165, 1.54) is 0 Å². The van der Waals surface area contributed by atoms with E-state index in [0.717, 1.165) is 33.7 Å². The highest BCUT2D eigenvalue weighted by atomic mass is 35.5. The number of hydrogen-bond acceptors (Lipinski definition) is 3. The third-order valence-corrected chi connectivity index (χ3v) is 3.78. The second kappa shape index (κ2) is 6.66. The summed E-state index contributed by atoms with van der Waals surface area (Å²) in [5.41, 5.74) is 0. The van der Waals surface area contributed by atoms with E-state index in [9.17, 15) is 0 Å². The molecule has 1 heterocycles. The minimum atomic E-state index is 0.760. The van der Waals surface area contributed by atoms with Crippen molar-refractivity contribution in [3.8, 4) is 0 Å². The molecule has 0 amide bonds. The van der Waals surface area contributed by atoms with Crippen LogP contribution in [0.25, 0.3) is 0 Å². The molecule has 18 heavy (non-hydrogen) atoms. The van der Waals surface area contributed by atoms with E-state index in [-0.39, 0.29) is 0 Å². The van der Waals surface area contributed by atoms with Crippen molar-refractivity contribution in [2.45, 2.75) is 23.3 Å². The van der Waals surface area contributed by atoms with Gasteiger partial charge in [-0.1, -0.05) is 48.5 Å². The molecular formula is C14H15ClN2S. The molecule has 0 spiro atoms. The molecule has 0 aliphatic carbocycles. The Labute approximate surface area is 117 Å². The molecule has 0 atom stereocenters. The molecular weight excluding hydrogens is 264 g/mol. The van der Waals surface area contributed by atoms with E-state index in [4.69, 9.17) is 11.6 Å². The molecule has 1 N–H and O–H groups in total. The maximum atomic E-state index is 6.13. The molecule has 2 aromatic rings. The summed E-state index contributed by atoms with van der Waals surface area (Å²) < 4.78 is 0. The number of nitrogens with zero attached hydrogens (tertiary/aromatic N) is 1. The fraction of sp³-hybridized carbons (Fsp3) is 0.214. The second-order valence-corrected chi connectivity index (χ2v) is 5.29. The first kappa shape index (κ1) is 13.2. The average molecular weight is 279 g/mol. The molecule has 4 heteroatoms. The van der Waals surface area contributed by atoms with E-state index in [0.29, 0.717) is 0 Å². The van der Waals surface area contributed by atoms with Gasteiger partial charge in [-0.25, -0.2) is 4.98 Å². The van der Waals surface area contributed by atoms with Gasteiger partial charge in [0.1, 0.15) is 10.8 Å². The number of pyridine rings is 1. The summed E-state index contributed by atoms with van der Waals surface area (Å²) in [5.74, 6) is 0.911. The molecule has 94 valence electrons. The second-order valence-electron chi connectivity index (χ2n) is 3.82. The van der Waals surface area contributed by atoms with Gasteiger partial charge in [0.15, 0.2) is 0 Å². The van der Waals surface area contributed by atoms with Crippen LogP contribution in [0, 0.1) is 0 Å². The lowest BCUT2D eigenvalue weighted by molar-refractivity contribution is 0.960. The molecule has 0 aliphatic rings. The van der Waals surface area contributed by atoms with Crippen molar-refractivity contribution in [3.05, 3.63) is 47.5 Å². The SMILES string of the molecule is CCCNc1cccc(Sc2ccccc2Cl)n1. The molecule has 0 unspecified atom stereocenters. The van der Waals surface area contributed by atoms with Gasteiger partial charge in [-0.3, -0.25) is 0 Å². The molecule has 0 saturated heterocycles. The zero-order valence-corrected chi connectivity index (χ0v) is 11.8. The Kier molecular flexibility index (Phi) is 4.90. The van der Waals surface area contributed by atoms with Gasteiger partial charge >= 0.3 is 0 Å². The lowest BCUT2D eigenvalue weighted by atomic mass is 10.4. The van der Waals surface area contributed by atoms with Gasteiger partial charge in [0.25, 0.3) is 0 Å². The molecule has 0 fully saturated rings. The quantitative estimate of drug-likeness (QED) is 0.857. The number of hydrogen-bond donors (Lipinski definition) is 1. The average Bonchev–Trinajstić information content (AvgIpc) is 2.40. The van der Waals surface area contributed by atoms with E-state index < -0.39 is 0 Å². The van der Waals surface area contributed by atoms with Gasteiger partial charge in [-0.2, -0.15) is 0 Å². The Morgan fingerprint density at radius 2 is 2.00 bits per heavy atom. The van der Waals surface area contributed by atoms with Crippen LogP contribution in [0.2, 0.25) is 5.02 Å². The fourth-order valence-electron chi connectivity index (χ4n) is 1.46. The fourth-order valence-corrected chi connectivity index (χ4v) is 2.54. The molecule has 0 aliphatic heterocycles. The number of rotatable bonds is 5. The van der Waals surface area contributed by atoms with E-state index in [1.807, 2.05) is 42.5 Å². The van der Waals surface area contributed by atoms with Gasteiger partial charge in [-0.05, 0) is 30.7 Å². The topological polar surface area (TPSA) is 24.9 Å². The van der Waals surface area contributed by atoms with E-state index in [1.54, 1.807) is 11.8 Å². The molecule has 1 aromatic heterocycles. The number of anilines is 1. The first-order chi connectivity index (χ1) is 8.79. The Bertz CT molecular complexity index is 517. The van der Waals surface area contributed by atoms with Gasteiger partial charge in [0.05, 0.1) is 5.02 Å². The first-order valence-corrected chi connectivity index (χ1v) is 7.12. The van der Waals surface area contributed by atoms with Crippen molar-refractivity contribution in [2.24, 2.45) is 0 Å². The Balaban J connectivity index is 2.12. The first-order valence-electron chi connectivity index (χ1n) is 5.93. The summed E-state index contributed by atoms with van der Waals surface area (Å²) in [6.45, 7) is 3.07. The minimum Gasteiger partial charge on any atom is -0.370 e. The van der Waals surface area contributed by atoms with Crippen molar-refractivity contribution < 1.29 is 0 Å². The van der Waals surface area contributed by atoms with Crippen molar-refractivity contribution in [3.63, 3.8) is 0 Å². The lowest BCUT2D eigenvalue weighted by Crippen LogP contribution is -2.01. The predicted octanol–water partition coefficient (Wildman–Crippen LogP) is 4.71. The third kappa shape index (κ3) is 3.65. The van der Waals surface area contributed by atoms with Gasteiger partial charge in [0, 0.05) is 11.4 Å². The van der Waals surface area contributed by atoms with Gasteiger partial charge < -0.3 is 5.32 Å². The summed E-state index contributed by atoms with van der Waals surface area (Å²) in [6, 6.07) is 13.8. The summed E-state index contributed by atoms with van der Waals surface area (Å²) in [5, 5.41) is 4.99. The van der Waals surface area contributed by atoms with Crippen molar-refractivity contribution in [2.75, 3.05) is 11.9 Å². The van der Waals surface area contributed by atoms with Crippen molar-refractivity contribution in [1.29, 1.82) is 0 Å². The van der Waals surface area contributed by atoms with Gasteiger partial charge in [-0.15, -0.1) is 0 Å². The van der Waals surface area contributed by atoms with Crippen LogP contribution >= 0.6 is 23.4 Å². The lowest BCUT2D eigenvalue weighted by Gasteiger charge is -2.06. The summed E-state index contributed by atoms with van der Waals surface area (Å²) >= 11 is 7.71. The standard InChI is InChI=1S/C14H15ClN2S/c1-2-10-16-13-8-5-9-14(17-13)18-12-7-4-3-6-11(12)15/h3-9H,2,10H2,1H3,(H,16,17). The molecule has 1 aromatic carbocycles. The van der Waals surface area contributed by atoms with Crippen LogP contribution in [0.15, 0.2) is 52.4 Å². The van der Waals surface area contributed by atoms with Crippen LogP contribution in [0.5, 0.6) is 0 Å². The minimum absolute atomic E-state index is 0.760. The largest absolute Gasteiger partial charge is 0.370 e. The normalized spacial score (nSPS) is 10.3. The number of benzene rings is 1. The molecule has 0 bridgehead atoms. The van der Waals surface area contributed by atoms with Crippen molar-refractivity contribution in [1.82, 2.24) is 4.98 Å². The predicted molar refractivity (Wildman–Crippen MR) is 78.6 cm³/mol. The highest BCUT2D eigenvalue weighted by Crippen LogP contribution is 2.32. The maximum Gasteiger partial charge on any atom is 0.127 e. The maximum absolute atomic E-state index is 6.13. The molecule has 2 rings (SSSR count). The molecule has 0 saturated carbocycles. The number of halogens is 1. The third-order valence-electron chi connectivity index (χ3n) is 2.33. The Morgan fingerprint density at radius 1 is 1.17 bits per heavy atom. The summed E-state index contributed by atoms with van der Waals surface area (Å²) in [6.07, 6.45) is 1.09. The number of aromatic nitrogens is 1. The van der Waals surface area contributed by atoms with Crippen LogP contribution in [-0.2, 0) is 0 Å². The Hall–Kier alpha value is -1.19. The van der Waals surface area contributed by atoms with Crippen LogP contribution < -0.4 is 5.32 Å². The smallest absolute Gasteiger partial charge is 0.127 e. The van der Waals surface area contributed by atoms with E-state index >= 15 is 0 Å². The summed E-state index contributed by atoms with van der Waals surface area (Å²) in [4.78, 5) is 5.57. The van der Waals surface area contributed by atoms with E-state index in [2.05, 4.69) is 17.2 Å². The molecule has 2 nitrogen and oxygen atoms in total. The van der Waals surface area contributed by atoms with Crippen LogP contribution in [-0.4, -0.2) is 11.5 Å². The monoisotopic (exact) mass is 278 g/mol. The highest BCUT2D eigenvalue weighted by molar-refractivity contribution is 7.99. The van der Waals surface area contributed by atoms with Crippen LogP contribution in [0.3, 0.4) is 0 Å². The van der Waals surface area contributed by atoms with Crippen LogP contribution in [0.4, 0.5) is 5.82 Å². The van der Waals surface area contributed by atoms with Gasteiger partial charge in [0.2, 0.25) is 0 Å². The Morgan fingerprint density at radius 3 is 2.78 bits per heavy atom. The zero-order chi connectivity index (χ0) is 12.8. The molecule has 0 radical (unpaired) electrons. The van der Waals surface area contributed by atoms with Crippen molar-refractivity contribution >= 4 is 29.2 Å². The van der Waals surface area contributed by atoms with Crippen LogP contribution in [0.1, 0.15) is 13.3 Å². The number of nitrogens with one attached hydrogen (secondary N) is 1. The highest BCUT2D eigenvalue weighted by Gasteiger charge is 2.03.